The molecule has 4 rings (SSSR count). The number of nitrogens with one attached hydrogen (secondary N) is 1. The minimum Gasteiger partial charge on any atom is -0.379 e. The molecule has 0 unspecified atom stereocenters. The highest BCUT2D eigenvalue weighted by molar-refractivity contribution is 7.89. The zero-order valence-electron chi connectivity index (χ0n) is 18.2. The van der Waals surface area contributed by atoms with E-state index in [2.05, 4.69) is 16.3 Å². The summed E-state index contributed by atoms with van der Waals surface area (Å²) in [5.41, 5.74) is 0.965. The zero-order valence-corrected chi connectivity index (χ0v) is 19.8. The molecule has 8 nitrogen and oxygen atoms in total. The smallest absolute Gasteiger partial charge is 0.251 e. The van der Waals surface area contributed by atoms with Crippen molar-refractivity contribution in [2.75, 3.05) is 59.2 Å². The maximum Gasteiger partial charge on any atom is 0.251 e. The van der Waals surface area contributed by atoms with Gasteiger partial charge in [0.1, 0.15) is 0 Å². The van der Waals surface area contributed by atoms with Gasteiger partial charge in [-0.25, -0.2) is 8.42 Å². The van der Waals surface area contributed by atoms with Crippen molar-refractivity contribution in [3.8, 4) is 0 Å². The molecule has 1 N–H and O–H groups in total. The molecule has 2 aliphatic rings. The second kappa shape index (κ2) is 10.4. The van der Waals surface area contributed by atoms with Gasteiger partial charge in [-0.1, -0.05) is 12.1 Å². The molecule has 0 aliphatic carbocycles. The van der Waals surface area contributed by atoms with Crippen molar-refractivity contribution in [3.05, 3.63) is 51.7 Å². The molecular weight excluding hydrogens is 450 g/mol. The first-order valence-electron chi connectivity index (χ1n) is 10.8. The normalized spacial score (nSPS) is 19.5. The van der Waals surface area contributed by atoms with Crippen LogP contribution in [0.5, 0.6) is 0 Å². The Bertz CT molecular complexity index is 1010. The average molecular weight is 480 g/mol. The monoisotopic (exact) mass is 479 g/mol. The first-order valence-corrected chi connectivity index (χ1v) is 13.1. The first kappa shape index (κ1) is 23.3. The van der Waals surface area contributed by atoms with E-state index in [1.165, 1.54) is 15.2 Å². The molecule has 3 heterocycles. The van der Waals surface area contributed by atoms with Gasteiger partial charge >= 0.3 is 0 Å². The summed E-state index contributed by atoms with van der Waals surface area (Å²) in [6, 6.07) is 9.02. The lowest BCUT2D eigenvalue weighted by Crippen LogP contribution is -2.43. The van der Waals surface area contributed by atoms with Crippen LogP contribution in [0.15, 0.2) is 40.6 Å². The van der Waals surface area contributed by atoms with E-state index in [1.54, 1.807) is 30.4 Å². The highest BCUT2D eigenvalue weighted by atomic mass is 32.2. The Hall–Kier alpha value is -1.82. The molecule has 0 bridgehead atoms. The van der Waals surface area contributed by atoms with Crippen LogP contribution in [0.2, 0.25) is 0 Å². The van der Waals surface area contributed by atoms with Gasteiger partial charge in [0.15, 0.2) is 0 Å². The lowest BCUT2D eigenvalue weighted by atomic mass is 10.1. The molecule has 1 amide bonds. The summed E-state index contributed by atoms with van der Waals surface area (Å²) in [6.07, 6.45) is 0. The van der Waals surface area contributed by atoms with E-state index in [4.69, 9.17) is 9.47 Å². The molecule has 2 aromatic rings. The number of benzene rings is 1. The van der Waals surface area contributed by atoms with Crippen LogP contribution in [0, 0.1) is 6.92 Å². The molecule has 2 aliphatic heterocycles. The highest BCUT2D eigenvalue weighted by Gasteiger charge is 2.29. The van der Waals surface area contributed by atoms with Gasteiger partial charge in [-0.3, -0.25) is 9.69 Å². The van der Waals surface area contributed by atoms with E-state index in [9.17, 15) is 13.2 Å². The Kier molecular flexibility index (Phi) is 7.59. The second-order valence-corrected chi connectivity index (χ2v) is 10.8. The molecule has 32 heavy (non-hydrogen) atoms. The Labute approximate surface area is 193 Å². The summed E-state index contributed by atoms with van der Waals surface area (Å²) < 4.78 is 38.4. The van der Waals surface area contributed by atoms with Crippen LogP contribution in [0.3, 0.4) is 0 Å². The van der Waals surface area contributed by atoms with E-state index in [0.29, 0.717) is 57.2 Å². The largest absolute Gasteiger partial charge is 0.379 e. The van der Waals surface area contributed by atoms with E-state index < -0.39 is 10.0 Å². The van der Waals surface area contributed by atoms with Crippen molar-refractivity contribution in [1.82, 2.24) is 14.5 Å². The summed E-state index contributed by atoms with van der Waals surface area (Å²) in [5.74, 6) is -0.279. The first-order chi connectivity index (χ1) is 15.5. The SMILES string of the molecule is Cc1ccc(C(=O)NC[C@H](c2cccs2)N2CCOCC2)cc1S(=O)(=O)N1CCOCC1. The van der Waals surface area contributed by atoms with Crippen LogP contribution in [0.25, 0.3) is 0 Å². The highest BCUT2D eigenvalue weighted by Crippen LogP contribution is 2.26. The number of rotatable bonds is 7. The number of hydrogen-bond acceptors (Lipinski definition) is 7. The summed E-state index contributed by atoms with van der Waals surface area (Å²) in [6.45, 7) is 6.57. The van der Waals surface area contributed by atoms with Gasteiger partial charge in [0.05, 0.1) is 37.4 Å². The summed E-state index contributed by atoms with van der Waals surface area (Å²) >= 11 is 1.67. The fourth-order valence-corrected chi connectivity index (χ4v) is 6.54. The lowest BCUT2D eigenvalue weighted by molar-refractivity contribution is 0.0169. The van der Waals surface area contributed by atoms with Crippen LogP contribution in [-0.2, 0) is 19.5 Å². The molecular formula is C22H29N3O5S2. The van der Waals surface area contributed by atoms with Gasteiger partial charge in [0.25, 0.3) is 5.91 Å². The van der Waals surface area contributed by atoms with Crippen molar-refractivity contribution in [1.29, 1.82) is 0 Å². The predicted molar refractivity (Wildman–Crippen MR) is 123 cm³/mol. The molecule has 2 saturated heterocycles. The van der Waals surface area contributed by atoms with E-state index in [1.807, 2.05) is 11.4 Å². The second-order valence-electron chi connectivity index (χ2n) is 7.89. The maximum atomic E-state index is 13.1. The fourth-order valence-electron chi connectivity index (χ4n) is 4.02. The van der Waals surface area contributed by atoms with Crippen molar-refractivity contribution >= 4 is 27.3 Å². The van der Waals surface area contributed by atoms with Gasteiger partial charge in [-0.2, -0.15) is 4.31 Å². The topological polar surface area (TPSA) is 88.2 Å². The molecule has 1 aromatic heterocycles. The standard InChI is InChI=1S/C22H29N3O5S2/c1-17-4-5-18(15-21(17)32(27,28)25-8-12-30-13-9-25)22(26)23-16-19(20-3-2-14-31-20)24-6-10-29-11-7-24/h2-5,14-15,19H,6-13,16H2,1H3,(H,23,26)/t19-/m1/s1. The number of aryl methyl sites for hydroxylation is 1. The number of sulfonamides is 1. The fraction of sp³-hybridized carbons (Fsp3) is 0.500. The average Bonchev–Trinajstić information content (AvgIpc) is 3.35. The molecule has 0 radical (unpaired) electrons. The minimum absolute atomic E-state index is 0.0600. The van der Waals surface area contributed by atoms with Gasteiger partial charge < -0.3 is 14.8 Å². The summed E-state index contributed by atoms with van der Waals surface area (Å²) in [5, 5.41) is 5.05. The van der Waals surface area contributed by atoms with Crippen LogP contribution >= 0.6 is 11.3 Å². The molecule has 1 atom stereocenters. The summed E-state index contributed by atoms with van der Waals surface area (Å²) in [4.78, 5) is 16.7. The molecule has 10 heteroatoms. The van der Waals surface area contributed by atoms with Crippen molar-refractivity contribution in [2.45, 2.75) is 17.9 Å². The Morgan fingerprint density at radius 2 is 1.78 bits per heavy atom. The number of carbonyl (C=O) groups is 1. The van der Waals surface area contributed by atoms with Crippen LogP contribution in [-0.4, -0.2) is 82.7 Å². The lowest BCUT2D eigenvalue weighted by Gasteiger charge is -2.34. The van der Waals surface area contributed by atoms with Crippen molar-refractivity contribution < 1.29 is 22.7 Å². The molecule has 0 saturated carbocycles. The molecule has 174 valence electrons. The molecule has 1 aromatic carbocycles. The van der Waals surface area contributed by atoms with Crippen LogP contribution in [0.4, 0.5) is 0 Å². The van der Waals surface area contributed by atoms with Gasteiger partial charge in [-0.15, -0.1) is 11.3 Å². The number of ether oxygens (including phenoxy) is 2. The minimum atomic E-state index is -3.68. The van der Waals surface area contributed by atoms with Gasteiger partial charge in [0, 0.05) is 43.2 Å². The zero-order chi connectivity index (χ0) is 22.6. The summed E-state index contributed by atoms with van der Waals surface area (Å²) in [7, 11) is -3.68. The van der Waals surface area contributed by atoms with Gasteiger partial charge in [0.2, 0.25) is 10.0 Å². The van der Waals surface area contributed by atoms with Crippen LogP contribution in [0.1, 0.15) is 26.8 Å². The maximum absolute atomic E-state index is 13.1. The molecule has 0 spiro atoms. The third kappa shape index (κ3) is 5.22. The van der Waals surface area contributed by atoms with Gasteiger partial charge in [-0.05, 0) is 36.1 Å². The number of amides is 1. The van der Waals surface area contributed by atoms with Crippen LogP contribution < -0.4 is 5.32 Å². The van der Waals surface area contributed by atoms with Crippen molar-refractivity contribution in [3.63, 3.8) is 0 Å². The third-order valence-electron chi connectivity index (χ3n) is 5.85. The molecule has 2 fully saturated rings. The van der Waals surface area contributed by atoms with E-state index >= 15 is 0 Å². The number of morpholine rings is 2. The number of thiophene rings is 1. The Morgan fingerprint density at radius 1 is 1.09 bits per heavy atom. The quantitative estimate of drug-likeness (QED) is 0.653. The number of carbonyl (C=O) groups excluding carboxylic acids is 1. The number of nitrogens with zero attached hydrogens (tertiary/aromatic N) is 2. The predicted octanol–water partition coefficient (Wildman–Crippen LogP) is 1.88. The third-order valence-corrected chi connectivity index (χ3v) is 8.87. The van der Waals surface area contributed by atoms with Crippen molar-refractivity contribution in [2.24, 2.45) is 0 Å². The number of hydrogen-bond donors (Lipinski definition) is 1. The Morgan fingerprint density at radius 3 is 2.44 bits per heavy atom. The van der Waals surface area contributed by atoms with E-state index in [-0.39, 0.29) is 16.8 Å². The Balaban J connectivity index is 1.50. The van der Waals surface area contributed by atoms with E-state index in [0.717, 1.165) is 13.1 Å².